The third kappa shape index (κ3) is 3.36. The normalized spacial score (nSPS) is 10.4. The van der Waals surface area contributed by atoms with E-state index in [2.05, 4.69) is 20.6 Å². The van der Waals surface area contributed by atoms with Crippen molar-refractivity contribution in [1.29, 1.82) is 0 Å². The maximum Gasteiger partial charge on any atom is 0.267 e. The van der Waals surface area contributed by atoms with E-state index in [-0.39, 0.29) is 5.91 Å². The number of thiazole rings is 1. The standard InChI is InChI=1S/C17H17N5OS/c1-10-5-3-6-11(2)14(10)22-16(23)13-9-20-17(24-13)21-12-7-4-8-19-15(12)18/h3-9H,1-2H3,(H2,18,19)(H,20,21)(H,22,23). The number of hydrogen-bond acceptors (Lipinski definition) is 6. The smallest absolute Gasteiger partial charge is 0.267 e. The van der Waals surface area contributed by atoms with Crippen LogP contribution < -0.4 is 16.4 Å². The van der Waals surface area contributed by atoms with Crippen LogP contribution in [-0.2, 0) is 0 Å². The largest absolute Gasteiger partial charge is 0.382 e. The maximum absolute atomic E-state index is 12.4. The zero-order valence-electron chi connectivity index (χ0n) is 13.3. The summed E-state index contributed by atoms with van der Waals surface area (Å²) < 4.78 is 0. The van der Waals surface area contributed by atoms with Gasteiger partial charge in [0, 0.05) is 11.9 Å². The molecule has 0 saturated heterocycles. The fourth-order valence-corrected chi connectivity index (χ4v) is 2.99. The Morgan fingerprint density at radius 1 is 1.12 bits per heavy atom. The zero-order valence-corrected chi connectivity index (χ0v) is 14.1. The molecule has 0 spiro atoms. The Labute approximate surface area is 143 Å². The predicted molar refractivity (Wildman–Crippen MR) is 97.9 cm³/mol. The highest BCUT2D eigenvalue weighted by Crippen LogP contribution is 2.26. The molecule has 6 nitrogen and oxygen atoms in total. The summed E-state index contributed by atoms with van der Waals surface area (Å²) in [5.41, 5.74) is 9.34. The Morgan fingerprint density at radius 2 is 1.88 bits per heavy atom. The molecule has 1 amide bonds. The number of nitrogen functional groups attached to an aromatic ring is 1. The van der Waals surface area contributed by atoms with E-state index < -0.39 is 0 Å². The van der Waals surface area contributed by atoms with Gasteiger partial charge in [-0.1, -0.05) is 29.5 Å². The number of rotatable bonds is 4. The first kappa shape index (κ1) is 15.9. The third-order valence-electron chi connectivity index (χ3n) is 3.53. The number of anilines is 4. The van der Waals surface area contributed by atoms with Gasteiger partial charge in [0.2, 0.25) is 0 Å². The van der Waals surface area contributed by atoms with E-state index in [1.165, 1.54) is 11.3 Å². The van der Waals surface area contributed by atoms with Gasteiger partial charge in [-0.3, -0.25) is 4.79 Å². The molecule has 24 heavy (non-hydrogen) atoms. The molecule has 0 atom stereocenters. The van der Waals surface area contributed by atoms with Crippen molar-refractivity contribution in [2.75, 3.05) is 16.4 Å². The van der Waals surface area contributed by atoms with E-state index in [0.29, 0.717) is 21.5 Å². The van der Waals surface area contributed by atoms with Gasteiger partial charge in [0.1, 0.15) is 10.7 Å². The first-order valence-electron chi connectivity index (χ1n) is 7.35. The Kier molecular flexibility index (Phi) is 4.43. The SMILES string of the molecule is Cc1cccc(C)c1NC(=O)c1cnc(Nc2cccnc2N)s1. The molecule has 0 aliphatic rings. The topological polar surface area (TPSA) is 92.9 Å². The second-order valence-corrected chi connectivity index (χ2v) is 6.34. The van der Waals surface area contributed by atoms with Gasteiger partial charge < -0.3 is 16.4 Å². The number of aromatic nitrogens is 2. The molecule has 2 aromatic heterocycles. The van der Waals surface area contributed by atoms with Crippen LogP contribution in [0.25, 0.3) is 0 Å². The molecule has 3 rings (SSSR count). The van der Waals surface area contributed by atoms with Gasteiger partial charge in [-0.25, -0.2) is 9.97 Å². The minimum Gasteiger partial charge on any atom is -0.382 e. The van der Waals surface area contributed by atoms with Crippen molar-refractivity contribution in [3.63, 3.8) is 0 Å². The summed E-state index contributed by atoms with van der Waals surface area (Å²) in [4.78, 5) is 21.2. The molecule has 0 bridgehead atoms. The van der Waals surface area contributed by atoms with Crippen LogP contribution in [0.5, 0.6) is 0 Å². The minimum atomic E-state index is -0.183. The highest BCUT2D eigenvalue weighted by Gasteiger charge is 2.13. The number of aryl methyl sites for hydroxylation is 2. The highest BCUT2D eigenvalue weighted by molar-refractivity contribution is 7.17. The lowest BCUT2D eigenvalue weighted by atomic mass is 10.1. The summed E-state index contributed by atoms with van der Waals surface area (Å²) in [5.74, 6) is 0.200. The van der Waals surface area contributed by atoms with Crippen molar-refractivity contribution in [3.05, 3.63) is 58.7 Å². The second-order valence-electron chi connectivity index (χ2n) is 5.31. The lowest BCUT2D eigenvalue weighted by Crippen LogP contribution is -2.12. The quantitative estimate of drug-likeness (QED) is 0.673. The number of nitrogens with one attached hydrogen (secondary N) is 2. The molecule has 2 heterocycles. The fourth-order valence-electron chi connectivity index (χ4n) is 2.26. The minimum absolute atomic E-state index is 0.183. The monoisotopic (exact) mass is 339 g/mol. The van der Waals surface area contributed by atoms with Crippen LogP contribution in [0.3, 0.4) is 0 Å². The van der Waals surface area contributed by atoms with Crippen LogP contribution in [0.1, 0.15) is 20.8 Å². The van der Waals surface area contributed by atoms with Crippen molar-refractivity contribution in [2.45, 2.75) is 13.8 Å². The van der Waals surface area contributed by atoms with Crippen molar-refractivity contribution >= 4 is 39.6 Å². The first-order valence-corrected chi connectivity index (χ1v) is 8.17. The maximum atomic E-state index is 12.4. The number of amides is 1. The molecule has 0 aliphatic carbocycles. The summed E-state index contributed by atoms with van der Waals surface area (Å²) in [7, 11) is 0. The predicted octanol–water partition coefficient (Wildman–Crippen LogP) is 3.73. The number of hydrogen-bond donors (Lipinski definition) is 3. The van der Waals surface area contributed by atoms with Crippen molar-refractivity contribution < 1.29 is 4.79 Å². The Bertz CT molecular complexity index is 870. The molecule has 0 radical (unpaired) electrons. The van der Waals surface area contributed by atoms with E-state index in [9.17, 15) is 4.79 Å². The number of nitrogens with zero attached hydrogens (tertiary/aromatic N) is 2. The van der Waals surface area contributed by atoms with Gasteiger partial charge in [-0.2, -0.15) is 0 Å². The van der Waals surface area contributed by atoms with Crippen molar-refractivity contribution in [3.8, 4) is 0 Å². The number of carbonyl (C=O) groups is 1. The fraction of sp³-hybridized carbons (Fsp3) is 0.118. The van der Waals surface area contributed by atoms with Crippen LogP contribution in [0.4, 0.5) is 22.3 Å². The number of para-hydroxylation sites is 1. The molecule has 0 aliphatic heterocycles. The number of benzene rings is 1. The van der Waals surface area contributed by atoms with Crippen LogP contribution in [-0.4, -0.2) is 15.9 Å². The van der Waals surface area contributed by atoms with E-state index >= 15 is 0 Å². The van der Waals surface area contributed by atoms with Crippen LogP contribution in [0, 0.1) is 13.8 Å². The van der Waals surface area contributed by atoms with Crippen molar-refractivity contribution in [2.24, 2.45) is 0 Å². The van der Waals surface area contributed by atoms with Gasteiger partial charge in [0.15, 0.2) is 5.13 Å². The average molecular weight is 339 g/mol. The average Bonchev–Trinajstić information content (AvgIpc) is 3.02. The molecule has 0 fully saturated rings. The molecular formula is C17H17N5OS. The van der Waals surface area contributed by atoms with E-state index in [4.69, 9.17) is 5.73 Å². The molecule has 122 valence electrons. The number of carbonyl (C=O) groups excluding carboxylic acids is 1. The lowest BCUT2D eigenvalue weighted by molar-refractivity contribution is 0.103. The number of pyridine rings is 1. The summed E-state index contributed by atoms with van der Waals surface area (Å²) >= 11 is 1.26. The lowest BCUT2D eigenvalue weighted by Gasteiger charge is -2.10. The molecule has 0 unspecified atom stereocenters. The number of nitrogens with two attached hydrogens (primary N) is 1. The van der Waals surface area contributed by atoms with Crippen LogP contribution in [0.2, 0.25) is 0 Å². The van der Waals surface area contributed by atoms with Gasteiger partial charge in [-0.15, -0.1) is 0 Å². The molecule has 4 N–H and O–H groups in total. The second kappa shape index (κ2) is 6.67. The summed E-state index contributed by atoms with van der Waals surface area (Å²) in [6.45, 7) is 3.93. The summed E-state index contributed by atoms with van der Waals surface area (Å²) in [5, 5.41) is 6.61. The Balaban J connectivity index is 1.76. The Morgan fingerprint density at radius 3 is 2.58 bits per heavy atom. The molecular weight excluding hydrogens is 322 g/mol. The molecule has 3 aromatic rings. The Hall–Kier alpha value is -2.93. The van der Waals surface area contributed by atoms with Crippen LogP contribution >= 0.6 is 11.3 Å². The summed E-state index contributed by atoms with van der Waals surface area (Å²) in [6, 6.07) is 9.48. The molecule has 1 aromatic carbocycles. The molecule has 7 heteroatoms. The van der Waals surface area contributed by atoms with E-state index in [0.717, 1.165) is 16.8 Å². The zero-order chi connectivity index (χ0) is 17.1. The van der Waals surface area contributed by atoms with Gasteiger partial charge in [0.25, 0.3) is 5.91 Å². The highest BCUT2D eigenvalue weighted by atomic mass is 32.1. The van der Waals surface area contributed by atoms with Gasteiger partial charge >= 0.3 is 0 Å². The third-order valence-corrected chi connectivity index (χ3v) is 4.44. The van der Waals surface area contributed by atoms with Crippen LogP contribution in [0.15, 0.2) is 42.7 Å². The van der Waals surface area contributed by atoms with Gasteiger partial charge in [-0.05, 0) is 37.1 Å². The van der Waals surface area contributed by atoms with E-state index in [1.54, 1.807) is 24.5 Å². The first-order chi connectivity index (χ1) is 11.5. The van der Waals surface area contributed by atoms with Gasteiger partial charge in [0.05, 0.1) is 11.9 Å². The van der Waals surface area contributed by atoms with Crippen molar-refractivity contribution in [1.82, 2.24) is 9.97 Å². The summed E-state index contributed by atoms with van der Waals surface area (Å²) in [6.07, 6.45) is 3.16. The van der Waals surface area contributed by atoms with E-state index in [1.807, 2.05) is 32.0 Å². The molecule has 0 saturated carbocycles.